The number of H-pyrrole nitrogens is 1. The van der Waals surface area contributed by atoms with Crippen molar-refractivity contribution in [3.63, 3.8) is 0 Å². The first-order valence-electron chi connectivity index (χ1n) is 5.98. The van der Waals surface area contributed by atoms with Crippen molar-refractivity contribution in [2.24, 2.45) is 0 Å². The minimum atomic E-state index is 0.0809. The van der Waals surface area contributed by atoms with Crippen LogP contribution >= 0.6 is 0 Å². The maximum atomic E-state index is 12.0. The van der Waals surface area contributed by atoms with Gasteiger partial charge in [0.1, 0.15) is 5.82 Å². The van der Waals surface area contributed by atoms with E-state index in [1.54, 1.807) is 6.20 Å². The summed E-state index contributed by atoms with van der Waals surface area (Å²) in [7, 11) is 0. The van der Waals surface area contributed by atoms with Gasteiger partial charge in [0, 0.05) is 19.3 Å². The van der Waals surface area contributed by atoms with Crippen molar-refractivity contribution < 1.29 is 9.53 Å². The van der Waals surface area contributed by atoms with E-state index in [4.69, 9.17) is 4.74 Å². The van der Waals surface area contributed by atoms with Crippen LogP contribution in [-0.4, -0.2) is 52.1 Å². The molecule has 0 atom stereocenters. The number of rotatable bonds is 2. The van der Waals surface area contributed by atoms with Crippen LogP contribution in [0.2, 0.25) is 0 Å². The third-order valence-corrected chi connectivity index (χ3v) is 2.99. The standard InChI is InChI=1S/C12H14N4O2/c17-11(16-4-6-18-7-5-16)8-10-14-9-2-1-3-13-12(9)15-10/h1-3H,4-8H2,(H,13,14,15). The van der Waals surface area contributed by atoms with Crippen LogP contribution < -0.4 is 0 Å². The zero-order valence-electron chi connectivity index (χ0n) is 9.93. The molecule has 3 heterocycles. The minimum Gasteiger partial charge on any atom is -0.378 e. The van der Waals surface area contributed by atoms with Crippen molar-refractivity contribution in [1.29, 1.82) is 0 Å². The van der Waals surface area contributed by atoms with Crippen LogP contribution in [0.15, 0.2) is 18.3 Å². The lowest BCUT2D eigenvalue weighted by molar-refractivity contribution is -0.134. The van der Waals surface area contributed by atoms with Gasteiger partial charge in [-0.2, -0.15) is 0 Å². The number of pyridine rings is 1. The number of aromatic nitrogens is 3. The van der Waals surface area contributed by atoms with E-state index >= 15 is 0 Å². The third kappa shape index (κ3) is 2.19. The van der Waals surface area contributed by atoms with Crippen LogP contribution in [0.1, 0.15) is 5.82 Å². The van der Waals surface area contributed by atoms with Crippen molar-refractivity contribution in [2.45, 2.75) is 6.42 Å². The molecule has 0 unspecified atom stereocenters. The summed E-state index contributed by atoms with van der Waals surface area (Å²) in [5.74, 6) is 0.748. The number of morpholine rings is 1. The summed E-state index contributed by atoms with van der Waals surface area (Å²) < 4.78 is 5.22. The Morgan fingerprint density at radius 1 is 1.44 bits per heavy atom. The van der Waals surface area contributed by atoms with Gasteiger partial charge in [0.2, 0.25) is 5.91 Å². The molecular formula is C12H14N4O2. The molecule has 0 radical (unpaired) electrons. The summed E-state index contributed by atoms with van der Waals surface area (Å²) in [6, 6.07) is 3.74. The molecule has 0 aromatic carbocycles. The Kier molecular flexibility index (Phi) is 2.93. The highest BCUT2D eigenvalue weighted by Crippen LogP contribution is 2.09. The molecule has 1 fully saturated rings. The van der Waals surface area contributed by atoms with Crippen LogP contribution in [0.25, 0.3) is 11.2 Å². The maximum Gasteiger partial charge on any atom is 0.230 e. The second-order valence-electron chi connectivity index (χ2n) is 4.23. The first kappa shape index (κ1) is 11.2. The van der Waals surface area contributed by atoms with Gasteiger partial charge < -0.3 is 14.6 Å². The van der Waals surface area contributed by atoms with Crippen LogP contribution in [-0.2, 0) is 16.0 Å². The molecule has 1 aliphatic rings. The number of hydrogen-bond donors (Lipinski definition) is 1. The van der Waals surface area contributed by atoms with Crippen molar-refractivity contribution in [1.82, 2.24) is 19.9 Å². The predicted octanol–water partition coefficient (Wildman–Crippen LogP) is 0.359. The third-order valence-electron chi connectivity index (χ3n) is 2.99. The summed E-state index contributed by atoms with van der Waals surface area (Å²) in [4.78, 5) is 25.4. The van der Waals surface area contributed by atoms with Crippen LogP contribution in [0, 0.1) is 0 Å². The second-order valence-corrected chi connectivity index (χ2v) is 4.23. The molecule has 1 amide bonds. The molecule has 3 rings (SSSR count). The second kappa shape index (κ2) is 4.73. The number of fused-ring (bicyclic) bond motifs is 1. The highest BCUT2D eigenvalue weighted by molar-refractivity contribution is 5.79. The van der Waals surface area contributed by atoms with Crippen LogP contribution in [0.5, 0.6) is 0 Å². The Bertz CT molecular complexity index is 527. The number of carbonyl (C=O) groups is 1. The SMILES string of the molecule is O=C(Cc1nc2ncccc2[nH]1)N1CCOCC1. The summed E-state index contributed by atoms with van der Waals surface area (Å²) in [6.45, 7) is 2.56. The van der Waals surface area contributed by atoms with Crippen molar-refractivity contribution in [3.8, 4) is 0 Å². The Balaban J connectivity index is 1.73. The summed E-state index contributed by atoms with van der Waals surface area (Å²) in [5, 5.41) is 0. The van der Waals surface area contributed by atoms with Gasteiger partial charge in [-0.1, -0.05) is 0 Å². The fourth-order valence-electron chi connectivity index (χ4n) is 2.05. The molecule has 0 spiro atoms. The van der Waals surface area contributed by atoms with Crippen molar-refractivity contribution in [2.75, 3.05) is 26.3 Å². The van der Waals surface area contributed by atoms with E-state index in [1.807, 2.05) is 17.0 Å². The molecule has 1 N–H and O–H groups in total. The average molecular weight is 246 g/mol. The molecule has 94 valence electrons. The van der Waals surface area contributed by atoms with Gasteiger partial charge in [-0.15, -0.1) is 0 Å². The number of amides is 1. The highest BCUT2D eigenvalue weighted by atomic mass is 16.5. The van der Waals surface area contributed by atoms with Crippen molar-refractivity contribution >= 4 is 17.1 Å². The van der Waals surface area contributed by atoms with E-state index in [0.29, 0.717) is 37.8 Å². The monoisotopic (exact) mass is 246 g/mol. The number of hydrogen-bond acceptors (Lipinski definition) is 4. The lowest BCUT2D eigenvalue weighted by Crippen LogP contribution is -2.41. The van der Waals surface area contributed by atoms with E-state index < -0.39 is 0 Å². The van der Waals surface area contributed by atoms with Gasteiger partial charge in [-0.05, 0) is 12.1 Å². The first-order valence-corrected chi connectivity index (χ1v) is 5.98. The lowest BCUT2D eigenvalue weighted by atomic mass is 10.3. The zero-order chi connectivity index (χ0) is 12.4. The quantitative estimate of drug-likeness (QED) is 0.830. The topological polar surface area (TPSA) is 71.1 Å². The molecule has 2 aromatic heterocycles. The fraction of sp³-hybridized carbons (Fsp3) is 0.417. The van der Waals surface area contributed by atoms with Crippen LogP contribution in [0.4, 0.5) is 0 Å². The van der Waals surface area contributed by atoms with E-state index in [1.165, 1.54) is 0 Å². The Morgan fingerprint density at radius 3 is 3.06 bits per heavy atom. The number of carbonyl (C=O) groups excluding carboxylic acids is 1. The molecule has 18 heavy (non-hydrogen) atoms. The highest BCUT2D eigenvalue weighted by Gasteiger charge is 2.18. The number of aromatic amines is 1. The smallest absolute Gasteiger partial charge is 0.230 e. The van der Waals surface area contributed by atoms with Crippen LogP contribution in [0.3, 0.4) is 0 Å². The van der Waals surface area contributed by atoms with Gasteiger partial charge in [-0.25, -0.2) is 9.97 Å². The van der Waals surface area contributed by atoms with Gasteiger partial charge >= 0.3 is 0 Å². The summed E-state index contributed by atoms with van der Waals surface area (Å²) in [5.41, 5.74) is 1.52. The molecule has 1 saturated heterocycles. The first-order chi connectivity index (χ1) is 8.83. The zero-order valence-corrected chi connectivity index (χ0v) is 9.93. The molecule has 2 aromatic rings. The van der Waals surface area contributed by atoms with Gasteiger partial charge in [0.25, 0.3) is 0 Å². The molecule has 1 aliphatic heterocycles. The molecule has 0 saturated carbocycles. The van der Waals surface area contributed by atoms with E-state index in [9.17, 15) is 4.79 Å². The molecule has 0 bridgehead atoms. The maximum absolute atomic E-state index is 12.0. The number of nitrogens with one attached hydrogen (secondary N) is 1. The lowest BCUT2D eigenvalue weighted by Gasteiger charge is -2.26. The molecule has 6 heteroatoms. The number of ether oxygens (including phenoxy) is 1. The largest absolute Gasteiger partial charge is 0.378 e. The average Bonchev–Trinajstić information content (AvgIpc) is 2.82. The normalized spacial score (nSPS) is 16.1. The predicted molar refractivity (Wildman–Crippen MR) is 65.0 cm³/mol. The Labute approximate surface area is 104 Å². The van der Waals surface area contributed by atoms with Gasteiger partial charge in [0.05, 0.1) is 25.2 Å². The molecule has 0 aliphatic carbocycles. The fourth-order valence-corrected chi connectivity index (χ4v) is 2.05. The minimum absolute atomic E-state index is 0.0809. The van der Waals surface area contributed by atoms with E-state index in [-0.39, 0.29) is 12.3 Å². The van der Waals surface area contributed by atoms with E-state index in [2.05, 4.69) is 15.0 Å². The molecular weight excluding hydrogens is 232 g/mol. The van der Waals surface area contributed by atoms with Crippen molar-refractivity contribution in [3.05, 3.63) is 24.2 Å². The van der Waals surface area contributed by atoms with Gasteiger partial charge in [-0.3, -0.25) is 4.79 Å². The molecule has 6 nitrogen and oxygen atoms in total. The summed E-state index contributed by atoms with van der Waals surface area (Å²) >= 11 is 0. The summed E-state index contributed by atoms with van der Waals surface area (Å²) in [6.07, 6.45) is 1.98. The van der Waals surface area contributed by atoms with E-state index in [0.717, 1.165) is 5.52 Å². The number of imidazole rings is 1. The number of nitrogens with zero attached hydrogens (tertiary/aromatic N) is 3. The Morgan fingerprint density at radius 2 is 2.28 bits per heavy atom. The Hall–Kier alpha value is -1.95. The van der Waals surface area contributed by atoms with Gasteiger partial charge in [0.15, 0.2) is 5.65 Å².